The second-order valence-corrected chi connectivity index (χ2v) is 15.8. The van der Waals surface area contributed by atoms with Gasteiger partial charge >= 0.3 is 0 Å². The summed E-state index contributed by atoms with van der Waals surface area (Å²) < 4.78 is 12.9. The Bertz CT molecular complexity index is 1560. The van der Waals surface area contributed by atoms with Gasteiger partial charge in [0.15, 0.2) is 0 Å². The maximum atomic E-state index is 6.46. The molecule has 0 amide bonds. The van der Waals surface area contributed by atoms with Gasteiger partial charge in [-0.05, 0) is 166 Å². The maximum Gasteiger partial charge on any atom is 0.133 e. The van der Waals surface area contributed by atoms with Crippen LogP contribution in [-0.2, 0) is 5.41 Å². The first-order valence-corrected chi connectivity index (χ1v) is 19.5. The summed E-state index contributed by atoms with van der Waals surface area (Å²) in [7, 11) is 0. The number of rotatable bonds is 12. The summed E-state index contributed by atoms with van der Waals surface area (Å²) in [5, 5.41) is 0. The monoisotopic (exact) mass is 672 g/mol. The molecule has 0 spiro atoms. The highest BCUT2D eigenvalue weighted by Gasteiger charge is 2.42. The van der Waals surface area contributed by atoms with Crippen LogP contribution in [-0.4, -0.2) is 0 Å². The van der Waals surface area contributed by atoms with Crippen molar-refractivity contribution >= 4 is 11.4 Å². The molecular weight excluding hydrogens is 613 g/mol. The van der Waals surface area contributed by atoms with Gasteiger partial charge in [-0.15, -0.1) is 0 Å². The molecule has 4 aromatic rings. The fraction of sp³-hybridized carbons (Fsp3) is 0.478. The van der Waals surface area contributed by atoms with Gasteiger partial charge in [-0.25, -0.2) is 0 Å². The number of benzene rings is 4. The molecule has 0 heterocycles. The van der Waals surface area contributed by atoms with Crippen LogP contribution < -0.4 is 20.9 Å². The summed E-state index contributed by atoms with van der Waals surface area (Å²) in [6.45, 7) is 11.1. The summed E-state index contributed by atoms with van der Waals surface area (Å²) in [5.41, 5.74) is 20.8. The number of nitrogen functional groups attached to an aromatic ring is 2. The molecule has 0 atom stereocenters. The fourth-order valence-corrected chi connectivity index (χ4v) is 9.24. The minimum Gasteiger partial charge on any atom is -0.457 e. The average molecular weight is 673 g/mol. The van der Waals surface area contributed by atoms with Gasteiger partial charge in [-0.2, -0.15) is 0 Å². The molecule has 2 aliphatic carbocycles. The Morgan fingerprint density at radius 1 is 0.560 bits per heavy atom. The highest BCUT2D eigenvalue weighted by molar-refractivity contribution is 5.55. The van der Waals surface area contributed by atoms with Crippen LogP contribution in [0.25, 0.3) is 0 Å². The number of hydrogen-bond donors (Lipinski definition) is 2. The molecule has 4 N–H and O–H groups in total. The maximum absolute atomic E-state index is 6.46. The van der Waals surface area contributed by atoms with Gasteiger partial charge in [0, 0.05) is 16.8 Å². The number of ether oxygens (including phenoxy) is 2. The molecule has 0 saturated heterocycles. The predicted molar refractivity (Wildman–Crippen MR) is 211 cm³/mol. The van der Waals surface area contributed by atoms with Crippen molar-refractivity contribution in [3.8, 4) is 23.0 Å². The molecule has 2 fully saturated rings. The normalized spacial score (nSPS) is 19.3. The molecule has 4 heteroatoms. The van der Waals surface area contributed by atoms with Crippen molar-refractivity contribution < 1.29 is 9.47 Å². The molecule has 6 rings (SSSR count). The molecule has 50 heavy (non-hydrogen) atoms. The third kappa shape index (κ3) is 8.17. The molecule has 0 unspecified atom stereocenters. The smallest absolute Gasteiger partial charge is 0.133 e. The average Bonchev–Trinajstić information content (AvgIpc) is 3.11. The highest BCUT2D eigenvalue weighted by Crippen LogP contribution is 2.52. The van der Waals surface area contributed by atoms with Gasteiger partial charge in [0.1, 0.15) is 23.0 Å². The van der Waals surface area contributed by atoms with Crippen LogP contribution in [0.1, 0.15) is 124 Å². The van der Waals surface area contributed by atoms with Gasteiger partial charge in [0.25, 0.3) is 0 Å². The van der Waals surface area contributed by atoms with Crippen LogP contribution in [0.5, 0.6) is 23.0 Å². The fourth-order valence-electron chi connectivity index (χ4n) is 9.24. The first kappa shape index (κ1) is 35.9. The van der Waals surface area contributed by atoms with Crippen molar-refractivity contribution in [2.75, 3.05) is 11.5 Å². The van der Waals surface area contributed by atoms with E-state index in [1.807, 2.05) is 48.5 Å². The topological polar surface area (TPSA) is 70.5 Å². The number of anilines is 2. The van der Waals surface area contributed by atoms with E-state index in [4.69, 9.17) is 20.9 Å². The van der Waals surface area contributed by atoms with Crippen molar-refractivity contribution in [3.05, 3.63) is 106 Å². The van der Waals surface area contributed by atoms with Crippen molar-refractivity contribution in [1.82, 2.24) is 0 Å². The van der Waals surface area contributed by atoms with Crippen LogP contribution in [0.4, 0.5) is 11.4 Å². The lowest BCUT2D eigenvalue weighted by atomic mass is 9.59. The first-order valence-electron chi connectivity index (χ1n) is 19.5. The van der Waals surface area contributed by atoms with E-state index in [2.05, 4.69) is 58.9 Å². The van der Waals surface area contributed by atoms with Gasteiger partial charge in [0.05, 0.1) is 0 Å². The van der Waals surface area contributed by atoms with E-state index in [0.717, 1.165) is 52.1 Å². The summed E-state index contributed by atoms with van der Waals surface area (Å²) in [6.07, 6.45) is 17.7. The Balaban J connectivity index is 1.27. The second-order valence-electron chi connectivity index (χ2n) is 15.8. The van der Waals surface area contributed by atoms with E-state index in [1.54, 1.807) is 0 Å². The zero-order chi connectivity index (χ0) is 35.3. The third-order valence-electron chi connectivity index (χ3n) is 12.1. The molecule has 2 aliphatic rings. The van der Waals surface area contributed by atoms with Crippen molar-refractivity contribution in [1.29, 1.82) is 0 Å². The lowest BCUT2D eigenvalue weighted by molar-refractivity contribution is 0.140. The molecule has 4 aromatic carbocycles. The van der Waals surface area contributed by atoms with Crippen molar-refractivity contribution in [2.45, 2.75) is 124 Å². The van der Waals surface area contributed by atoms with Crippen LogP contribution in [0.15, 0.2) is 72.8 Å². The van der Waals surface area contributed by atoms with E-state index in [0.29, 0.717) is 0 Å². The van der Waals surface area contributed by atoms with E-state index < -0.39 is 0 Å². The molecule has 4 nitrogen and oxygen atoms in total. The van der Waals surface area contributed by atoms with Crippen LogP contribution in [0, 0.1) is 45.4 Å². The Labute approximate surface area is 302 Å². The zero-order valence-electron chi connectivity index (χ0n) is 31.3. The lowest BCUT2D eigenvalue weighted by Crippen LogP contribution is -2.36. The van der Waals surface area contributed by atoms with E-state index in [-0.39, 0.29) is 5.41 Å². The van der Waals surface area contributed by atoms with E-state index >= 15 is 0 Å². The van der Waals surface area contributed by atoms with Gasteiger partial charge < -0.3 is 20.9 Å². The summed E-state index contributed by atoms with van der Waals surface area (Å²) >= 11 is 0. The molecule has 0 aliphatic heterocycles. The zero-order valence-corrected chi connectivity index (χ0v) is 31.3. The largest absolute Gasteiger partial charge is 0.457 e. The SMILES string of the molecule is CCCCCC[C@H]1CC[C@H](C2CCC(c3cc(C)c(Oc4ccc(N)cc4)c(C)c3)(c3cc(C)c(Oc4ccc(N)cc4)c(C)c3)CC2)CC1. The predicted octanol–water partition coefficient (Wildman–Crippen LogP) is 12.9. The molecule has 0 bridgehead atoms. The molecular formula is C46H60N2O2. The third-order valence-corrected chi connectivity index (χ3v) is 12.1. The number of nitrogens with two attached hydrogens (primary N) is 2. The lowest BCUT2D eigenvalue weighted by Gasteiger charge is -2.45. The van der Waals surface area contributed by atoms with Gasteiger partial charge in [-0.1, -0.05) is 76.1 Å². The Hall–Kier alpha value is -3.92. The highest BCUT2D eigenvalue weighted by atomic mass is 16.5. The van der Waals surface area contributed by atoms with E-state index in [1.165, 1.54) is 117 Å². The van der Waals surface area contributed by atoms with Gasteiger partial charge in [-0.3, -0.25) is 0 Å². The minimum absolute atomic E-state index is 0.0581. The second kappa shape index (κ2) is 16.0. The number of unbranched alkanes of at least 4 members (excludes halogenated alkanes) is 3. The molecule has 266 valence electrons. The standard InChI is InChI=1S/C46H60N2O2/c1-6-7-8-9-10-35-11-13-36(14-12-35)37-23-25-46(26-24-37,38-27-31(2)44(32(3)28-38)49-42-19-15-40(47)16-20-42)39-29-33(4)45(34(5)30-39)50-43-21-17-41(48)18-22-43/h15-22,27-30,35-37H,6-14,23-26,47-48H2,1-5H3/t35-,36-. The summed E-state index contributed by atoms with van der Waals surface area (Å²) in [4.78, 5) is 0. The van der Waals surface area contributed by atoms with E-state index in [9.17, 15) is 0 Å². The summed E-state index contributed by atoms with van der Waals surface area (Å²) in [6, 6.07) is 25.0. The minimum atomic E-state index is -0.0581. The Kier molecular flexibility index (Phi) is 11.5. The van der Waals surface area contributed by atoms with Crippen LogP contribution in [0.2, 0.25) is 0 Å². The molecule has 0 aromatic heterocycles. The quantitative estimate of drug-likeness (QED) is 0.116. The van der Waals surface area contributed by atoms with Crippen molar-refractivity contribution in [3.63, 3.8) is 0 Å². The van der Waals surface area contributed by atoms with Crippen molar-refractivity contribution in [2.24, 2.45) is 17.8 Å². The number of hydrogen-bond acceptors (Lipinski definition) is 4. The molecule has 2 saturated carbocycles. The number of aryl methyl sites for hydroxylation is 4. The Morgan fingerprint density at radius 2 is 0.980 bits per heavy atom. The summed E-state index contributed by atoms with van der Waals surface area (Å²) in [5.74, 6) is 6.18. The molecule has 0 radical (unpaired) electrons. The van der Waals surface area contributed by atoms with Gasteiger partial charge in [0.2, 0.25) is 0 Å². The van der Waals surface area contributed by atoms with Crippen LogP contribution >= 0.6 is 0 Å². The Morgan fingerprint density at radius 3 is 1.40 bits per heavy atom. The first-order chi connectivity index (χ1) is 24.1. The van der Waals surface area contributed by atoms with Crippen LogP contribution in [0.3, 0.4) is 0 Å².